The van der Waals surface area contributed by atoms with Crippen molar-refractivity contribution in [3.63, 3.8) is 0 Å². The van der Waals surface area contributed by atoms with Crippen molar-refractivity contribution in [2.75, 3.05) is 6.54 Å². The Morgan fingerprint density at radius 2 is 2.16 bits per heavy atom. The average Bonchev–Trinajstić information content (AvgIpc) is 3.04. The third-order valence-electron chi connectivity index (χ3n) is 5.27. The second-order valence-corrected chi connectivity index (χ2v) is 7.05. The van der Waals surface area contributed by atoms with Crippen molar-refractivity contribution in [1.29, 1.82) is 0 Å². The predicted molar refractivity (Wildman–Crippen MR) is 92.0 cm³/mol. The van der Waals surface area contributed by atoms with Gasteiger partial charge in [0.05, 0.1) is 6.42 Å². The molecule has 1 amide bonds. The molecular weight excluding hydrogens is 316 g/mol. The number of nitrogens with zero attached hydrogens (tertiary/aromatic N) is 3. The first-order chi connectivity index (χ1) is 12.3. The van der Waals surface area contributed by atoms with E-state index in [0.717, 1.165) is 54.5 Å². The first kappa shape index (κ1) is 14.7. The fourth-order valence-corrected chi connectivity index (χ4v) is 3.75. The Bertz CT molecular complexity index is 924. The van der Waals surface area contributed by atoms with E-state index in [4.69, 9.17) is 4.52 Å². The van der Waals surface area contributed by atoms with E-state index < -0.39 is 0 Å². The zero-order valence-corrected chi connectivity index (χ0v) is 13.9. The van der Waals surface area contributed by atoms with Gasteiger partial charge in [0, 0.05) is 29.6 Å². The van der Waals surface area contributed by atoms with E-state index in [1.807, 2.05) is 29.3 Å². The number of rotatable bonds is 4. The quantitative estimate of drug-likeness (QED) is 0.793. The highest BCUT2D eigenvalue weighted by Crippen LogP contribution is 2.39. The van der Waals surface area contributed by atoms with Crippen LogP contribution in [0.1, 0.15) is 54.9 Å². The van der Waals surface area contributed by atoms with Crippen LogP contribution in [0.2, 0.25) is 0 Å². The Morgan fingerprint density at radius 1 is 1.28 bits per heavy atom. The fraction of sp³-hybridized carbons (Fsp3) is 0.421. The molecule has 1 aliphatic carbocycles. The Morgan fingerprint density at radius 3 is 3.04 bits per heavy atom. The van der Waals surface area contributed by atoms with Gasteiger partial charge < -0.3 is 14.4 Å². The van der Waals surface area contributed by atoms with E-state index in [-0.39, 0.29) is 11.9 Å². The Balaban J connectivity index is 1.36. The molecule has 1 aromatic carbocycles. The molecule has 2 fully saturated rings. The van der Waals surface area contributed by atoms with Crippen molar-refractivity contribution >= 4 is 16.8 Å². The lowest BCUT2D eigenvalue weighted by molar-refractivity contribution is -0.131. The Hall–Kier alpha value is -2.63. The standard InChI is InChI=1S/C19H20N4O2/c24-17(10-13-11-20-15-5-2-1-4-14(13)15)23-9-3-6-16(23)19-21-18(22-25-19)12-7-8-12/h1-2,4-5,11-12,16,20H,3,6-10H2. The predicted octanol–water partition coefficient (Wildman–Crippen LogP) is 3.33. The molecule has 2 aliphatic rings. The summed E-state index contributed by atoms with van der Waals surface area (Å²) >= 11 is 0. The molecule has 0 bridgehead atoms. The number of para-hydroxylation sites is 1. The lowest BCUT2D eigenvalue weighted by Crippen LogP contribution is -2.32. The lowest BCUT2D eigenvalue weighted by Gasteiger charge is -2.21. The number of benzene rings is 1. The van der Waals surface area contributed by atoms with E-state index in [9.17, 15) is 4.79 Å². The van der Waals surface area contributed by atoms with Gasteiger partial charge in [-0.2, -0.15) is 4.98 Å². The topological polar surface area (TPSA) is 75.0 Å². The Kier molecular flexibility index (Phi) is 3.36. The third-order valence-corrected chi connectivity index (χ3v) is 5.27. The number of carbonyl (C=O) groups is 1. The zero-order chi connectivity index (χ0) is 16.8. The summed E-state index contributed by atoms with van der Waals surface area (Å²) in [6, 6.07) is 8.00. The van der Waals surface area contributed by atoms with Crippen LogP contribution in [0.5, 0.6) is 0 Å². The minimum Gasteiger partial charge on any atom is -0.361 e. The largest absolute Gasteiger partial charge is 0.361 e. The SMILES string of the molecule is O=C(Cc1c[nH]c2ccccc12)N1CCCC1c1nc(C2CC2)no1. The van der Waals surface area contributed by atoms with Gasteiger partial charge in [-0.15, -0.1) is 0 Å². The molecule has 1 N–H and O–H groups in total. The van der Waals surface area contributed by atoms with Gasteiger partial charge in [-0.1, -0.05) is 23.4 Å². The minimum atomic E-state index is -0.0716. The number of fused-ring (bicyclic) bond motifs is 1. The first-order valence-corrected chi connectivity index (χ1v) is 8.97. The van der Waals surface area contributed by atoms with Crippen LogP contribution in [0, 0.1) is 0 Å². The van der Waals surface area contributed by atoms with Crippen molar-refractivity contribution in [2.24, 2.45) is 0 Å². The summed E-state index contributed by atoms with van der Waals surface area (Å²) in [5, 5.41) is 5.22. The molecule has 3 heterocycles. The van der Waals surface area contributed by atoms with E-state index in [0.29, 0.717) is 18.2 Å². The fourth-order valence-electron chi connectivity index (χ4n) is 3.75. The lowest BCUT2D eigenvalue weighted by atomic mass is 10.1. The van der Waals surface area contributed by atoms with Crippen molar-refractivity contribution < 1.29 is 9.32 Å². The van der Waals surface area contributed by atoms with Crippen LogP contribution in [0.25, 0.3) is 10.9 Å². The number of hydrogen-bond acceptors (Lipinski definition) is 4. The molecule has 1 atom stereocenters. The monoisotopic (exact) mass is 336 g/mol. The van der Waals surface area contributed by atoms with E-state index in [2.05, 4.69) is 21.2 Å². The second kappa shape index (κ2) is 5.72. The maximum Gasteiger partial charge on any atom is 0.249 e. The summed E-state index contributed by atoms with van der Waals surface area (Å²) in [6.07, 6.45) is 6.49. The van der Waals surface area contributed by atoms with Crippen molar-refractivity contribution in [3.8, 4) is 0 Å². The molecule has 25 heavy (non-hydrogen) atoms. The molecule has 1 saturated carbocycles. The number of likely N-dealkylation sites (tertiary alicyclic amines) is 1. The molecular formula is C19H20N4O2. The zero-order valence-electron chi connectivity index (χ0n) is 13.9. The van der Waals surface area contributed by atoms with Crippen molar-refractivity contribution in [2.45, 2.75) is 44.1 Å². The first-order valence-electron chi connectivity index (χ1n) is 8.97. The van der Waals surface area contributed by atoms with Crippen LogP contribution < -0.4 is 0 Å². The van der Waals surface area contributed by atoms with Crippen LogP contribution in [-0.2, 0) is 11.2 Å². The number of hydrogen-bond donors (Lipinski definition) is 1. The van der Waals surface area contributed by atoms with E-state index in [1.54, 1.807) is 0 Å². The second-order valence-electron chi connectivity index (χ2n) is 7.05. The number of carbonyl (C=O) groups excluding carboxylic acids is 1. The third kappa shape index (κ3) is 2.62. The van der Waals surface area contributed by atoms with Gasteiger partial charge in [-0.05, 0) is 37.3 Å². The van der Waals surface area contributed by atoms with Crippen LogP contribution in [0.3, 0.4) is 0 Å². The highest BCUT2D eigenvalue weighted by Gasteiger charge is 2.36. The Labute approximate surface area is 145 Å². The molecule has 5 rings (SSSR count). The number of aromatic amines is 1. The average molecular weight is 336 g/mol. The highest BCUT2D eigenvalue weighted by molar-refractivity contribution is 5.89. The van der Waals surface area contributed by atoms with Gasteiger partial charge in [0.15, 0.2) is 5.82 Å². The summed E-state index contributed by atoms with van der Waals surface area (Å²) in [4.78, 5) is 22.6. The van der Waals surface area contributed by atoms with Gasteiger partial charge >= 0.3 is 0 Å². The number of aromatic nitrogens is 3. The maximum atomic E-state index is 12.9. The molecule has 128 valence electrons. The van der Waals surface area contributed by atoms with Gasteiger partial charge in [-0.3, -0.25) is 4.79 Å². The van der Waals surface area contributed by atoms with Gasteiger partial charge in [0.1, 0.15) is 6.04 Å². The molecule has 1 unspecified atom stereocenters. The van der Waals surface area contributed by atoms with Gasteiger partial charge in [0.2, 0.25) is 11.8 Å². The van der Waals surface area contributed by atoms with Gasteiger partial charge in [0.25, 0.3) is 0 Å². The summed E-state index contributed by atoms with van der Waals surface area (Å²) in [7, 11) is 0. The summed E-state index contributed by atoms with van der Waals surface area (Å²) in [6.45, 7) is 0.757. The maximum absolute atomic E-state index is 12.9. The van der Waals surface area contributed by atoms with Gasteiger partial charge in [-0.25, -0.2) is 0 Å². The normalized spacial score (nSPS) is 20.5. The van der Waals surface area contributed by atoms with Crippen LogP contribution in [0.4, 0.5) is 0 Å². The molecule has 2 aromatic heterocycles. The molecule has 3 aromatic rings. The smallest absolute Gasteiger partial charge is 0.249 e. The molecule has 1 aliphatic heterocycles. The summed E-state index contributed by atoms with van der Waals surface area (Å²) < 4.78 is 5.47. The molecule has 0 radical (unpaired) electrons. The van der Waals surface area contributed by atoms with E-state index >= 15 is 0 Å². The van der Waals surface area contributed by atoms with Crippen LogP contribution >= 0.6 is 0 Å². The minimum absolute atomic E-state index is 0.0716. The number of nitrogens with one attached hydrogen (secondary N) is 1. The number of amides is 1. The summed E-state index contributed by atoms with van der Waals surface area (Å²) in [5.74, 6) is 2.00. The van der Waals surface area contributed by atoms with Crippen molar-refractivity contribution in [1.82, 2.24) is 20.0 Å². The molecule has 6 heteroatoms. The molecule has 6 nitrogen and oxygen atoms in total. The molecule has 1 saturated heterocycles. The van der Waals surface area contributed by atoms with Crippen LogP contribution in [-0.4, -0.2) is 32.5 Å². The summed E-state index contributed by atoms with van der Waals surface area (Å²) in [5.41, 5.74) is 2.10. The molecule has 0 spiro atoms. The highest BCUT2D eigenvalue weighted by atomic mass is 16.5. The van der Waals surface area contributed by atoms with Crippen LogP contribution in [0.15, 0.2) is 35.0 Å². The number of H-pyrrole nitrogens is 1. The van der Waals surface area contributed by atoms with E-state index in [1.165, 1.54) is 0 Å². The van der Waals surface area contributed by atoms with Crippen molar-refractivity contribution in [3.05, 3.63) is 47.7 Å².